The maximum absolute atomic E-state index is 6.55. The van der Waals surface area contributed by atoms with Gasteiger partial charge in [-0.05, 0) is 37.3 Å². The number of hydrogen-bond donors (Lipinski definition) is 0. The smallest absolute Gasteiger partial charge is 0.176 e. The molecule has 0 aromatic carbocycles. The predicted molar refractivity (Wildman–Crippen MR) is 62.0 cm³/mol. The van der Waals surface area contributed by atoms with Gasteiger partial charge in [0.1, 0.15) is 0 Å². The highest BCUT2D eigenvalue weighted by molar-refractivity contribution is 6.86. The van der Waals surface area contributed by atoms with Crippen molar-refractivity contribution in [1.29, 1.82) is 0 Å². The first kappa shape index (κ1) is 9.93. The summed E-state index contributed by atoms with van der Waals surface area (Å²) < 4.78 is 6.55. The van der Waals surface area contributed by atoms with Crippen LogP contribution in [-0.4, -0.2) is 16.6 Å². The molecule has 0 amide bonds. The van der Waals surface area contributed by atoms with Gasteiger partial charge < -0.3 is 4.12 Å². The topological polar surface area (TPSA) is 9.23 Å². The lowest BCUT2D eigenvalue weighted by molar-refractivity contribution is 0.534. The van der Waals surface area contributed by atoms with Crippen LogP contribution in [-0.2, 0) is 4.12 Å². The van der Waals surface area contributed by atoms with E-state index in [1.165, 1.54) is 25.7 Å². The average Bonchev–Trinajstić information content (AvgIpc) is 2.81. The summed E-state index contributed by atoms with van der Waals surface area (Å²) in [5.41, 5.74) is 2.00. The fourth-order valence-electron chi connectivity index (χ4n) is 2.40. The Morgan fingerprint density at radius 1 is 0.769 bits per heavy atom. The van der Waals surface area contributed by atoms with Crippen LogP contribution in [0, 0.1) is 0 Å². The van der Waals surface area contributed by atoms with E-state index in [4.69, 9.17) is 4.12 Å². The van der Waals surface area contributed by atoms with Crippen molar-refractivity contribution in [3.05, 3.63) is 0 Å². The molecule has 0 aromatic heterocycles. The van der Waals surface area contributed by atoms with Crippen LogP contribution in [0.2, 0.25) is 37.3 Å². The van der Waals surface area contributed by atoms with Gasteiger partial charge in [-0.1, -0.05) is 25.7 Å². The molecular formula is C10H22OSi2. The highest BCUT2D eigenvalue weighted by Crippen LogP contribution is 2.51. The van der Waals surface area contributed by atoms with E-state index >= 15 is 0 Å². The van der Waals surface area contributed by atoms with Gasteiger partial charge in [-0.2, -0.15) is 0 Å². The zero-order chi connectivity index (χ0) is 9.69. The van der Waals surface area contributed by atoms with Gasteiger partial charge in [-0.25, -0.2) is 0 Å². The highest BCUT2D eigenvalue weighted by Gasteiger charge is 2.49. The molecule has 0 aliphatic heterocycles. The monoisotopic (exact) mass is 214 g/mol. The molecule has 2 aliphatic carbocycles. The summed E-state index contributed by atoms with van der Waals surface area (Å²) in [4.78, 5) is 0. The molecule has 0 heterocycles. The first-order valence-electron chi connectivity index (χ1n) is 5.62. The molecule has 0 spiro atoms. The highest BCUT2D eigenvalue weighted by atomic mass is 28.4. The maximum atomic E-state index is 6.55. The summed E-state index contributed by atoms with van der Waals surface area (Å²) in [6.07, 6.45) is 5.81. The Morgan fingerprint density at radius 3 is 1.31 bits per heavy atom. The summed E-state index contributed by atoms with van der Waals surface area (Å²) in [7, 11) is -2.53. The van der Waals surface area contributed by atoms with Crippen LogP contribution < -0.4 is 0 Å². The molecule has 13 heavy (non-hydrogen) atoms. The van der Waals surface area contributed by atoms with Crippen molar-refractivity contribution in [3.8, 4) is 0 Å². The normalized spacial score (nSPS) is 24.9. The van der Waals surface area contributed by atoms with Gasteiger partial charge in [0.2, 0.25) is 0 Å². The van der Waals surface area contributed by atoms with Crippen molar-refractivity contribution in [2.75, 3.05) is 0 Å². The van der Waals surface area contributed by atoms with Crippen molar-refractivity contribution >= 4 is 16.6 Å². The molecule has 2 saturated carbocycles. The maximum Gasteiger partial charge on any atom is 0.176 e. The van der Waals surface area contributed by atoms with Gasteiger partial charge in [0.05, 0.1) is 0 Å². The van der Waals surface area contributed by atoms with Gasteiger partial charge in [-0.15, -0.1) is 0 Å². The van der Waals surface area contributed by atoms with Gasteiger partial charge in [0.15, 0.2) is 16.6 Å². The largest absolute Gasteiger partial charge is 0.455 e. The second kappa shape index (κ2) is 2.94. The summed E-state index contributed by atoms with van der Waals surface area (Å²) in [5, 5.41) is 0. The molecule has 0 radical (unpaired) electrons. The molecule has 1 nitrogen and oxygen atoms in total. The summed E-state index contributed by atoms with van der Waals surface area (Å²) in [6, 6.07) is 0. The van der Waals surface area contributed by atoms with E-state index in [1.807, 2.05) is 0 Å². The molecule has 2 aliphatic rings. The average molecular weight is 214 g/mol. The van der Waals surface area contributed by atoms with Crippen LogP contribution in [0.3, 0.4) is 0 Å². The summed E-state index contributed by atoms with van der Waals surface area (Å²) >= 11 is 0. The Labute approximate surface area is 84.1 Å². The van der Waals surface area contributed by atoms with E-state index < -0.39 is 16.6 Å². The second-order valence-electron chi connectivity index (χ2n) is 5.86. The van der Waals surface area contributed by atoms with Crippen LogP contribution in [0.4, 0.5) is 0 Å². The van der Waals surface area contributed by atoms with E-state index in [-0.39, 0.29) is 0 Å². The second-order valence-corrected chi connectivity index (χ2v) is 14.7. The van der Waals surface area contributed by atoms with E-state index in [0.29, 0.717) is 0 Å². The molecule has 76 valence electrons. The van der Waals surface area contributed by atoms with Crippen LogP contribution in [0.15, 0.2) is 0 Å². The van der Waals surface area contributed by atoms with E-state index in [0.717, 1.165) is 11.1 Å². The van der Waals surface area contributed by atoms with Gasteiger partial charge in [-0.3, -0.25) is 0 Å². The van der Waals surface area contributed by atoms with Crippen molar-refractivity contribution in [2.45, 2.75) is 63.0 Å². The zero-order valence-electron chi connectivity index (χ0n) is 9.39. The van der Waals surface area contributed by atoms with Gasteiger partial charge in [0.25, 0.3) is 0 Å². The molecule has 0 atom stereocenters. The number of rotatable bonds is 4. The molecule has 0 unspecified atom stereocenters. The van der Waals surface area contributed by atoms with E-state index in [1.54, 1.807) is 0 Å². The Morgan fingerprint density at radius 2 is 1.08 bits per heavy atom. The summed E-state index contributed by atoms with van der Waals surface area (Å²) in [6.45, 7) is 9.73. The fraction of sp³-hybridized carbons (Fsp3) is 1.00. The molecule has 2 fully saturated rings. The lowest BCUT2D eigenvalue weighted by atomic mass is 11.0. The molecule has 0 saturated heterocycles. The minimum atomic E-state index is -1.27. The third-order valence-corrected chi connectivity index (χ3v) is 12.9. The fourth-order valence-corrected chi connectivity index (χ4v) is 12.3. The molecular weight excluding hydrogens is 192 g/mol. The van der Waals surface area contributed by atoms with E-state index in [9.17, 15) is 0 Å². The van der Waals surface area contributed by atoms with Gasteiger partial charge in [0, 0.05) is 0 Å². The minimum Gasteiger partial charge on any atom is -0.455 e. The van der Waals surface area contributed by atoms with Crippen molar-refractivity contribution in [1.82, 2.24) is 0 Å². The third kappa shape index (κ3) is 2.25. The Kier molecular flexibility index (Phi) is 2.25. The van der Waals surface area contributed by atoms with Crippen molar-refractivity contribution in [2.24, 2.45) is 0 Å². The standard InChI is InChI=1S/C10H22OSi2/c1-12(2,9-5-6-9)11-13(3,4)10-7-8-10/h9-10H,5-8H2,1-4H3. The quantitative estimate of drug-likeness (QED) is 0.648. The van der Waals surface area contributed by atoms with Crippen LogP contribution in [0.25, 0.3) is 0 Å². The first-order valence-corrected chi connectivity index (χ1v) is 11.6. The van der Waals surface area contributed by atoms with Crippen molar-refractivity contribution < 1.29 is 4.12 Å². The van der Waals surface area contributed by atoms with Gasteiger partial charge >= 0.3 is 0 Å². The Balaban J connectivity index is 1.94. The van der Waals surface area contributed by atoms with E-state index in [2.05, 4.69) is 26.2 Å². The SMILES string of the molecule is C[Si](C)(O[Si](C)(C)C1CC1)C1CC1. The van der Waals surface area contributed by atoms with Crippen LogP contribution in [0.1, 0.15) is 25.7 Å². The summed E-state index contributed by atoms with van der Waals surface area (Å²) in [5.74, 6) is 0. The third-order valence-electron chi connectivity index (χ3n) is 3.65. The molecule has 0 N–H and O–H groups in total. The lowest BCUT2D eigenvalue weighted by Gasteiger charge is -2.34. The predicted octanol–water partition coefficient (Wildman–Crippen LogP) is 3.74. The Hall–Kier alpha value is 0.394. The van der Waals surface area contributed by atoms with Crippen molar-refractivity contribution in [3.63, 3.8) is 0 Å². The molecule has 0 bridgehead atoms. The Bertz CT molecular complexity index is 183. The first-order chi connectivity index (χ1) is 5.92. The minimum absolute atomic E-state index is 0.998. The molecule has 2 rings (SSSR count). The lowest BCUT2D eigenvalue weighted by Crippen LogP contribution is -2.45. The van der Waals surface area contributed by atoms with Crippen LogP contribution >= 0.6 is 0 Å². The zero-order valence-corrected chi connectivity index (χ0v) is 11.4. The number of hydrogen-bond acceptors (Lipinski definition) is 1. The molecule has 3 heteroatoms. The van der Waals surface area contributed by atoms with Crippen LogP contribution in [0.5, 0.6) is 0 Å². The molecule has 0 aromatic rings.